The molecule has 148 valence electrons. The van der Waals surface area contributed by atoms with Gasteiger partial charge in [0.05, 0.1) is 13.2 Å². The Morgan fingerprint density at radius 2 is 1.67 bits per heavy atom. The first kappa shape index (κ1) is 18.9. The predicted molar refractivity (Wildman–Crippen MR) is 106 cm³/mol. The Morgan fingerprint density at radius 1 is 1.00 bits per heavy atom. The van der Waals surface area contributed by atoms with Crippen molar-refractivity contribution in [3.8, 4) is 0 Å². The number of hydrogen-bond donors (Lipinski definition) is 1. The molecule has 1 N–H and O–H groups in total. The van der Waals surface area contributed by atoms with Crippen LogP contribution in [-0.2, 0) is 21.5 Å². The van der Waals surface area contributed by atoms with Gasteiger partial charge in [0.1, 0.15) is 0 Å². The van der Waals surface area contributed by atoms with Crippen LogP contribution in [-0.4, -0.2) is 79.4 Å². The highest BCUT2D eigenvalue weighted by Gasteiger charge is 2.33. The van der Waals surface area contributed by atoms with Crippen LogP contribution in [0.25, 0.3) is 10.9 Å². The normalized spacial score (nSPS) is 21.1. The first-order valence-corrected chi connectivity index (χ1v) is 11.0. The van der Waals surface area contributed by atoms with Crippen molar-refractivity contribution in [3.63, 3.8) is 0 Å². The van der Waals surface area contributed by atoms with Gasteiger partial charge in [-0.3, -0.25) is 4.90 Å². The maximum absolute atomic E-state index is 12.8. The second-order valence-corrected chi connectivity index (χ2v) is 9.40. The molecule has 4 rings (SSSR count). The standard InChI is InChI=1S/C19H28N4O3S/c1-15-3-4-18-17(13-15)16(2)19(20-18)14-21-5-7-22(8-6-21)27(24,25)23-9-11-26-12-10-23/h3-4,13,20H,5-12,14H2,1-2H3. The number of morpholine rings is 1. The molecule has 0 aliphatic carbocycles. The van der Waals surface area contributed by atoms with E-state index in [1.165, 1.54) is 27.7 Å². The number of hydrogen-bond acceptors (Lipinski definition) is 4. The fourth-order valence-corrected chi connectivity index (χ4v) is 5.50. The van der Waals surface area contributed by atoms with E-state index in [2.05, 4.69) is 41.9 Å². The highest BCUT2D eigenvalue weighted by atomic mass is 32.2. The molecular formula is C19H28N4O3S. The van der Waals surface area contributed by atoms with Gasteiger partial charge in [-0.1, -0.05) is 11.6 Å². The van der Waals surface area contributed by atoms with Crippen LogP contribution in [0.4, 0.5) is 0 Å². The van der Waals surface area contributed by atoms with Gasteiger partial charge in [-0.15, -0.1) is 0 Å². The van der Waals surface area contributed by atoms with E-state index in [1.807, 2.05) is 0 Å². The summed E-state index contributed by atoms with van der Waals surface area (Å²) in [5, 5.41) is 1.28. The van der Waals surface area contributed by atoms with Crippen LogP contribution in [0, 0.1) is 13.8 Å². The number of rotatable bonds is 4. The minimum absolute atomic E-state index is 0.455. The first-order valence-electron chi connectivity index (χ1n) is 9.58. The molecule has 0 spiro atoms. The smallest absolute Gasteiger partial charge is 0.282 e. The third-order valence-corrected chi connectivity index (χ3v) is 7.69. The van der Waals surface area contributed by atoms with E-state index in [9.17, 15) is 8.42 Å². The molecule has 2 aromatic rings. The molecule has 3 heterocycles. The number of ether oxygens (including phenoxy) is 1. The van der Waals surface area contributed by atoms with Crippen molar-refractivity contribution < 1.29 is 13.2 Å². The van der Waals surface area contributed by atoms with Crippen molar-refractivity contribution in [1.29, 1.82) is 0 Å². The van der Waals surface area contributed by atoms with Crippen molar-refractivity contribution in [3.05, 3.63) is 35.0 Å². The Bertz CT molecular complexity index is 910. The minimum Gasteiger partial charge on any atom is -0.379 e. The first-order chi connectivity index (χ1) is 12.9. The van der Waals surface area contributed by atoms with Crippen LogP contribution in [0.15, 0.2) is 18.2 Å². The van der Waals surface area contributed by atoms with E-state index >= 15 is 0 Å². The molecule has 0 atom stereocenters. The molecule has 2 aliphatic rings. The number of aryl methyl sites for hydroxylation is 2. The summed E-state index contributed by atoms with van der Waals surface area (Å²) in [5.74, 6) is 0. The van der Waals surface area contributed by atoms with Crippen molar-refractivity contribution >= 4 is 21.1 Å². The van der Waals surface area contributed by atoms with E-state index in [1.54, 1.807) is 8.61 Å². The Hall–Kier alpha value is -1.45. The van der Waals surface area contributed by atoms with Crippen LogP contribution in [0.3, 0.4) is 0 Å². The maximum atomic E-state index is 12.8. The highest BCUT2D eigenvalue weighted by Crippen LogP contribution is 2.24. The molecule has 0 unspecified atom stereocenters. The lowest BCUT2D eigenvalue weighted by Crippen LogP contribution is -2.54. The third kappa shape index (κ3) is 3.77. The molecule has 0 bridgehead atoms. The van der Waals surface area contributed by atoms with Gasteiger partial charge < -0.3 is 9.72 Å². The Balaban J connectivity index is 1.40. The molecule has 2 saturated heterocycles. The number of fused-ring (bicyclic) bond motifs is 1. The largest absolute Gasteiger partial charge is 0.379 e. The number of nitrogens with zero attached hydrogens (tertiary/aromatic N) is 3. The SMILES string of the molecule is Cc1ccc2[nH]c(CN3CCN(S(=O)(=O)N4CCOCC4)CC3)c(C)c2c1. The summed E-state index contributed by atoms with van der Waals surface area (Å²) in [7, 11) is -3.36. The van der Waals surface area contributed by atoms with Crippen LogP contribution in [0.1, 0.15) is 16.8 Å². The molecule has 2 fully saturated rings. The molecule has 0 radical (unpaired) electrons. The van der Waals surface area contributed by atoms with Gasteiger partial charge in [0.2, 0.25) is 0 Å². The zero-order chi connectivity index (χ0) is 19.0. The molecule has 8 heteroatoms. The average Bonchev–Trinajstić information content (AvgIpc) is 2.98. The van der Waals surface area contributed by atoms with Crippen molar-refractivity contribution in [2.45, 2.75) is 20.4 Å². The summed E-state index contributed by atoms with van der Waals surface area (Å²) < 4.78 is 34.0. The van der Waals surface area contributed by atoms with E-state index in [0.29, 0.717) is 39.4 Å². The Kier molecular flexibility index (Phi) is 5.26. The topological polar surface area (TPSA) is 68.9 Å². The lowest BCUT2D eigenvalue weighted by molar-refractivity contribution is 0.0683. The number of H-pyrrole nitrogens is 1. The molecule has 0 amide bonds. The molecule has 0 saturated carbocycles. The second-order valence-electron chi connectivity index (χ2n) is 7.47. The van der Waals surface area contributed by atoms with E-state index in [0.717, 1.165) is 19.6 Å². The average molecular weight is 393 g/mol. The number of nitrogens with one attached hydrogen (secondary N) is 1. The molecular weight excluding hydrogens is 364 g/mol. The van der Waals surface area contributed by atoms with Gasteiger partial charge in [0.25, 0.3) is 10.2 Å². The van der Waals surface area contributed by atoms with Gasteiger partial charge in [0, 0.05) is 62.4 Å². The van der Waals surface area contributed by atoms with Gasteiger partial charge in [-0.25, -0.2) is 0 Å². The summed E-state index contributed by atoms with van der Waals surface area (Å²) in [4.78, 5) is 5.87. The van der Waals surface area contributed by atoms with Crippen molar-refractivity contribution in [1.82, 2.24) is 18.5 Å². The Labute approximate surface area is 161 Å². The summed E-state index contributed by atoms with van der Waals surface area (Å²) in [6, 6.07) is 6.48. The van der Waals surface area contributed by atoms with Crippen LogP contribution in [0.5, 0.6) is 0 Å². The summed E-state index contributed by atoms with van der Waals surface area (Å²) in [6.07, 6.45) is 0. The molecule has 1 aromatic heterocycles. The zero-order valence-corrected chi connectivity index (χ0v) is 16.9. The van der Waals surface area contributed by atoms with Crippen LogP contribution in [0.2, 0.25) is 0 Å². The molecule has 7 nitrogen and oxygen atoms in total. The summed E-state index contributed by atoms with van der Waals surface area (Å²) in [5.41, 5.74) is 4.94. The Morgan fingerprint density at radius 3 is 2.37 bits per heavy atom. The van der Waals surface area contributed by atoms with Gasteiger partial charge in [-0.05, 0) is 31.5 Å². The van der Waals surface area contributed by atoms with E-state index < -0.39 is 10.2 Å². The molecule has 27 heavy (non-hydrogen) atoms. The van der Waals surface area contributed by atoms with Crippen molar-refractivity contribution in [2.24, 2.45) is 0 Å². The number of aromatic nitrogens is 1. The minimum atomic E-state index is -3.36. The third-order valence-electron chi connectivity index (χ3n) is 5.65. The fourth-order valence-electron chi connectivity index (χ4n) is 3.94. The quantitative estimate of drug-likeness (QED) is 0.856. The number of piperazine rings is 1. The number of benzene rings is 1. The van der Waals surface area contributed by atoms with Crippen LogP contribution < -0.4 is 0 Å². The lowest BCUT2D eigenvalue weighted by Gasteiger charge is -2.37. The zero-order valence-electron chi connectivity index (χ0n) is 16.1. The van der Waals surface area contributed by atoms with Gasteiger partial charge in [-0.2, -0.15) is 17.0 Å². The van der Waals surface area contributed by atoms with Crippen molar-refractivity contribution in [2.75, 3.05) is 52.5 Å². The highest BCUT2D eigenvalue weighted by molar-refractivity contribution is 7.86. The second kappa shape index (κ2) is 7.52. The maximum Gasteiger partial charge on any atom is 0.282 e. The predicted octanol–water partition coefficient (Wildman–Crippen LogP) is 1.48. The van der Waals surface area contributed by atoms with E-state index in [4.69, 9.17) is 4.74 Å². The summed E-state index contributed by atoms with van der Waals surface area (Å²) in [6.45, 7) is 9.55. The molecule has 2 aliphatic heterocycles. The van der Waals surface area contributed by atoms with Gasteiger partial charge >= 0.3 is 0 Å². The van der Waals surface area contributed by atoms with E-state index in [-0.39, 0.29) is 0 Å². The monoisotopic (exact) mass is 392 g/mol. The molecule has 1 aromatic carbocycles. The fraction of sp³-hybridized carbons (Fsp3) is 0.579. The summed E-state index contributed by atoms with van der Waals surface area (Å²) >= 11 is 0. The van der Waals surface area contributed by atoms with Gasteiger partial charge in [0.15, 0.2) is 0 Å². The van der Waals surface area contributed by atoms with Crippen LogP contribution >= 0.6 is 0 Å². The number of aromatic amines is 1. The lowest BCUT2D eigenvalue weighted by atomic mass is 10.1.